The third-order valence-electron chi connectivity index (χ3n) is 4.30. The lowest BCUT2D eigenvalue weighted by Crippen LogP contribution is -2.05. The minimum atomic E-state index is -0.145. The maximum atomic E-state index is 11.6. The fourth-order valence-corrected chi connectivity index (χ4v) is 3.96. The number of nitriles is 1. The van der Waals surface area contributed by atoms with Crippen molar-refractivity contribution in [1.82, 2.24) is 4.98 Å². The van der Waals surface area contributed by atoms with Crippen LogP contribution in [-0.2, 0) is 4.79 Å². The Labute approximate surface area is 157 Å². The number of rotatable bonds is 4. The summed E-state index contributed by atoms with van der Waals surface area (Å²) in [7, 11) is 0. The van der Waals surface area contributed by atoms with E-state index in [1.54, 1.807) is 0 Å². The number of anilines is 1. The van der Waals surface area contributed by atoms with E-state index in [1.165, 1.54) is 18.3 Å². The minimum absolute atomic E-state index is 0.145. The van der Waals surface area contributed by atoms with Gasteiger partial charge in [0.15, 0.2) is 0 Å². The van der Waals surface area contributed by atoms with E-state index < -0.39 is 0 Å². The molecule has 1 unspecified atom stereocenters. The van der Waals surface area contributed by atoms with Crippen LogP contribution in [0.2, 0.25) is 0 Å². The highest BCUT2D eigenvalue weighted by Gasteiger charge is 2.18. The van der Waals surface area contributed by atoms with Crippen molar-refractivity contribution < 1.29 is 4.79 Å². The predicted octanol–water partition coefficient (Wildman–Crippen LogP) is 5.34. The Bertz CT molecular complexity index is 900. The zero-order valence-corrected chi connectivity index (χ0v) is 15.8. The quantitative estimate of drug-likeness (QED) is 0.589. The summed E-state index contributed by atoms with van der Waals surface area (Å²) in [6.07, 6.45) is 9.44. The molecule has 1 atom stereocenters. The fourth-order valence-electron chi connectivity index (χ4n) is 2.95. The molecule has 5 heteroatoms. The molecule has 4 nitrogen and oxygen atoms in total. The van der Waals surface area contributed by atoms with Crippen molar-refractivity contribution in [2.24, 2.45) is 5.92 Å². The molecule has 1 aliphatic carbocycles. The van der Waals surface area contributed by atoms with Gasteiger partial charge in [-0.3, -0.25) is 4.79 Å². The Morgan fingerprint density at radius 2 is 2.12 bits per heavy atom. The second kappa shape index (κ2) is 8.11. The normalized spacial score (nSPS) is 17.0. The van der Waals surface area contributed by atoms with Gasteiger partial charge in [-0.2, -0.15) is 5.26 Å². The van der Waals surface area contributed by atoms with Gasteiger partial charge in [0.05, 0.1) is 5.57 Å². The zero-order chi connectivity index (χ0) is 18.5. The van der Waals surface area contributed by atoms with Crippen molar-refractivity contribution >= 4 is 27.8 Å². The summed E-state index contributed by atoms with van der Waals surface area (Å²) in [5.41, 5.74) is 3.39. The smallest absolute Gasteiger partial charge is 0.221 e. The van der Waals surface area contributed by atoms with Gasteiger partial charge in [0.25, 0.3) is 0 Å². The summed E-state index contributed by atoms with van der Waals surface area (Å²) in [6.45, 7) is 3.51. The van der Waals surface area contributed by atoms with Crippen LogP contribution in [0.15, 0.2) is 42.5 Å². The highest BCUT2D eigenvalue weighted by Crippen LogP contribution is 2.37. The van der Waals surface area contributed by atoms with Crippen LogP contribution in [-0.4, -0.2) is 10.9 Å². The number of amides is 1. The average Bonchev–Trinajstić information content (AvgIpc) is 3.04. The van der Waals surface area contributed by atoms with Crippen LogP contribution in [0, 0.1) is 24.2 Å². The zero-order valence-electron chi connectivity index (χ0n) is 15.0. The summed E-state index contributed by atoms with van der Waals surface area (Å²) in [5.74, 6) is 0.221. The highest BCUT2D eigenvalue weighted by molar-refractivity contribution is 7.17. The van der Waals surface area contributed by atoms with Crippen LogP contribution in [0.1, 0.15) is 36.8 Å². The molecule has 3 rings (SSSR count). The van der Waals surface area contributed by atoms with Gasteiger partial charge in [0.2, 0.25) is 5.91 Å². The van der Waals surface area contributed by atoms with Crippen molar-refractivity contribution in [2.75, 3.05) is 5.32 Å². The van der Waals surface area contributed by atoms with Gasteiger partial charge in [-0.1, -0.05) is 59.4 Å². The molecule has 1 N–H and O–H groups in total. The van der Waals surface area contributed by atoms with Gasteiger partial charge in [-0.05, 0) is 32.1 Å². The van der Waals surface area contributed by atoms with E-state index in [1.807, 2.05) is 37.3 Å². The molecule has 0 aliphatic heterocycles. The largest absolute Gasteiger partial charge is 0.316 e. The third kappa shape index (κ3) is 4.27. The second-order valence-electron chi connectivity index (χ2n) is 6.48. The van der Waals surface area contributed by atoms with Gasteiger partial charge in [0, 0.05) is 12.5 Å². The minimum Gasteiger partial charge on any atom is -0.316 e. The van der Waals surface area contributed by atoms with E-state index in [0.717, 1.165) is 30.4 Å². The monoisotopic (exact) mass is 363 g/mol. The molecule has 132 valence electrons. The number of thiazole rings is 1. The van der Waals surface area contributed by atoms with E-state index in [9.17, 15) is 10.1 Å². The van der Waals surface area contributed by atoms with Gasteiger partial charge in [-0.25, -0.2) is 4.98 Å². The van der Waals surface area contributed by atoms with Gasteiger partial charge >= 0.3 is 0 Å². The Hall–Kier alpha value is -2.71. The first-order valence-corrected chi connectivity index (χ1v) is 9.51. The Morgan fingerprint density at radius 1 is 1.35 bits per heavy atom. The number of nitrogens with one attached hydrogen (secondary N) is 1. The molecular formula is C21H21N3OS. The second-order valence-corrected chi connectivity index (χ2v) is 7.48. The Balaban J connectivity index is 2.00. The SMILES string of the molecule is CC(=O)Nc1sc(C(C#N)=CC2CC=CCC2)nc1-c1ccc(C)cc1. The van der Waals surface area contributed by atoms with Crippen LogP contribution < -0.4 is 5.32 Å². The summed E-state index contributed by atoms with van der Waals surface area (Å²) >= 11 is 1.36. The molecule has 0 saturated heterocycles. The van der Waals surface area contributed by atoms with Crippen molar-refractivity contribution in [3.8, 4) is 17.3 Å². The lowest BCUT2D eigenvalue weighted by Gasteiger charge is -2.13. The number of hydrogen-bond donors (Lipinski definition) is 1. The topological polar surface area (TPSA) is 65.8 Å². The molecule has 0 fully saturated rings. The number of allylic oxidation sites excluding steroid dienone is 4. The standard InChI is InChI=1S/C21H21N3OS/c1-14-8-10-17(11-9-14)19-21(23-15(2)25)26-20(24-19)18(13-22)12-16-6-4-3-5-7-16/h3-4,8-12,16H,5-7H2,1-2H3,(H,23,25). The molecule has 2 aromatic rings. The summed E-state index contributed by atoms with van der Waals surface area (Å²) in [6, 6.07) is 10.3. The Kier molecular flexibility index (Phi) is 5.65. The number of aromatic nitrogens is 1. The van der Waals surface area contributed by atoms with Crippen LogP contribution >= 0.6 is 11.3 Å². The molecule has 26 heavy (non-hydrogen) atoms. The highest BCUT2D eigenvalue weighted by atomic mass is 32.1. The number of carbonyl (C=O) groups excluding carboxylic acids is 1. The molecule has 1 aromatic heterocycles. The first-order valence-electron chi connectivity index (χ1n) is 8.69. The van der Waals surface area contributed by atoms with Crippen molar-refractivity contribution in [3.05, 3.63) is 53.1 Å². The summed E-state index contributed by atoms with van der Waals surface area (Å²) < 4.78 is 0. The first-order chi connectivity index (χ1) is 12.6. The number of carbonyl (C=O) groups is 1. The van der Waals surface area contributed by atoms with Crippen LogP contribution in [0.4, 0.5) is 5.00 Å². The first kappa shape index (κ1) is 18.1. The molecule has 0 saturated carbocycles. The number of nitrogens with zero attached hydrogens (tertiary/aromatic N) is 2. The van der Waals surface area contributed by atoms with Gasteiger partial charge < -0.3 is 5.32 Å². The van der Waals surface area contributed by atoms with Crippen molar-refractivity contribution in [1.29, 1.82) is 5.26 Å². The number of aryl methyl sites for hydroxylation is 1. The molecule has 1 heterocycles. The lowest BCUT2D eigenvalue weighted by atomic mass is 9.92. The van der Waals surface area contributed by atoms with Gasteiger partial charge in [0.1, 0.15) is 21.8 Å². The number of hydrogen-bond acceptors (Lipinski definition) is 4. The molecule has 1 aliphatic rings. The van der Waals surface area contributed by atoms with Crippen LogP contribution in [0.3, 0.4) is 0 Å². The van der Waals surface area contributed by atoms with Crippen LogP contribution in [0.25, 0.3) is 16.8 Å². The number of benzene rings is 1. The predicted molar refractivity (Wildman–Crippen MR) is 107 cm³/mol. The maximum absolute atomic E-state index is 11.6. The van der Waals surface area contributed by atoms with Crippen LogP contribution in [0.5, 0.6) is 0 Å². The molecular weight excluding hydrogens is 342 g/mol. The molecule has 0 radical (unpaired) electrons. The Morgan fingerprint density at radius 3 is 2.73 bits per heavy atom. The molecule has 1 amide bonds. The van der Waals surface area contributed by atoms with E-state index in [0.29, 0.717) is 27.2 Å². The van der Waals surface area contributed by atoms with Gasteiger partial charge in [-0.15, -0.1) is 0 Å². The fraction of sp³-hybridized carbons (Fsp3) is 0.286. The van der Waals surface area contributed by atoms with E-state index >= 15 is 0 Å². The van der Waals surface area contributed by atoms with E-state index in [4.69, 9.17) is 4.98 Å². The van der Waals surface area contributed by atoms with Crippen molar-refractivity contribution in [3.63, 3.8) is 0 Å². The lowest BCUT2D eigenvalue weighted by molar-refractivity contribution is -0.114. The molecule has 0 bridgehead atoms. The molecule has 1 aromatic carbocycles. The summed E-state index contributed by atoms with van der Waals surface area (Å²) in [5, 5.41) is 13.8. The summed E-state index contributed by atoms with van der Waals surface area (Å²) in [4.78, 5) is 16.3. The maximum Gasteiger partial charge on any atom is 0.221 e. The molecule has 0 spiro atoms. The van der Waals surface area contributed by atoms with Crippen molar-refractivity contribution in [2.45, 2.75) is 33.1 Å². The average molecular weight is 363 g/mol. The van der Waals surface area contributed by atoms with E-state index in [2.05, 4.69) is 23.5 Å². The van der Waals surface area contributed by atoms with E-state index in [-0.39, 0.29) is 5.91 Å². The third-order valence-corrected chi connectivity index (χ3v) is 5.31.